The number of fused-ring (bicyclic) bond motifs is 1. The zero-order valence-electron chi connectivity index (χ0n) is 10.2. The number of aromatic amines is 1. The SMILES string of the molecule is Nc1n[nH]c2ncc(-c3ccncc3)c(CCO)c12. The molecular formula is C13H13N5O. The molecule has 3 rings (SSSR count). The molecule has 0 saturated heterocycles. The standard InChI is InChI=1S/C13H13N5O/c14-12-11-9(3-6-19)10(7-16-13(11)18-17-12)8-1-4-15-5-2-8/h1-2,4-5,7,19H,3,6H2,(H3,14,16,17,18). The molecule has 0 spiro atoms. The van der Waals surface area contributed by atoms with Crippen molar-refractivity contribution in [3.63, 3.8) is 0 Å². The van der Waals surface area contributed by atoms with E-state index in [9.17, 15) is 5.11 Å². The largest absolute Gasteiger partial charge is 0.396 e. The van der Waals surface area contributed by atoms with Crippen molar-refractivity contribution >= 4 is 16.9 Å². The maximum absolute atomic E-state index is 9.27. The zero-order valence-corrected chi connectivity index (χ0v) is 10.2. The lowest BCUT2D eigenvalue weighted by Gasteiger charge is -2.09. The normalized spacial score (nSPS) is 11.0. The highest BCUT2D eigenvalue weighted by Crippen LogP contribution is 2.30. The number of nitrogens with zero attached hydrogens (tertiary/aromatic N) is 3. The molecule has 0 bridgehead atoms. The molecule has 0 radical (unpaired) electrons. The quantitative estimate of drug-likeness (QED) is 0.651. The molecule has 0 aromatic carbocycles. The molecule has 0 atom stereocenters. The summed E-state index contributed by atoms with van der Waals surface area (Å²) in [5.41, 5.74) is 9.40. The molecule has 19 heavy (non-hydrogen) atoms. The van der Waals surface area contributed by atoms with Gasteiger partial charge in [-0.3, -0.25) is 10.1 Å². The number of nitrogen functional groups attached to an aromatic ring is 1. The van der Waals surface area contributed by atoms with Crippen molar-refractivity contribution in [2.75, 3.05) is 12.3 Å². The fourth-order valence-corrected chi connectivity index (χ4v) is 2.23. The van der Waals surface area contributed by atoms with E-state index in [0.717, 1.165) is 22.1 Å². The van der Waals surface area contributed by atoms with Crippen LogP contribution in [0.25, 0.3) is 22.2 Å². The lowest BCUT2D eigenvalue weighted by molar-refractivity contribution is 0.300. The Labute approximate surface area is 109 Å². The van der Waals surface area contributed by atoms with Crippen LogP contribution in [-0.2, 0) is 6.42 Å². The molecule has 0 unspecified atom stereocenters. The minimum absolute atomic E-state index is 0.0435. The van der Waals surface area contributed by atoms with Gasteiger partial charge in [-0.15, -0.1) is 0 Å². The summed E-state index contributed by atoms with van der Waals surface area (Å²) in [6.45, 7) is 0.0435. The van der Waals surface area contributed by atoms with Crippen molar-refractivity contribution in [1.29, 1.82) is 0 Å². The molecular weight excluding hydrogens is 242 g/mol. The monoisotopic (exact) mass is 255 g/mol. The van der Waals surface area contributed by atoms with Crippen molar-refractivity contribution in [3.8, 4) is 11.1 Å². The van der Waals surface area contributed by atoms with Crippen LogP contribution < -0.4 is 5.73 Å². The van der Waals surface area contributed by atoms with Crippen LogP contribution in [-0.4, -0.2) is 31.9 Å². The highest BCUT2D eigenvalue weighted by Gasteiger charge is 2.14. The average Bonchev–Trinajstić information content (AvgIpc) is 2.82. The van der Waals surface area contributed by atoms with Gasteiger partial charge in [-0.1, -0.05) is 0 Å². The summed E-state index contributed by atoms with van der Waals surface area (Å²) in [7, 11) is 0. The topological polar surface area (TPSA) is 101 Å². The van der Waals surface area contributed by atoms with E-state index in [-0.39, 0.29) is 6.61 Å². The predicted octanol–water partition coefficient (Wildman–Crippen LogP) is 1.14. The Morgan fingerprint density at radius 1 is 1.26 bits per heavy atom. The van der Waals surface area contributed by atoms with Gasteiger partial charge in [0.2, 0.25) is 0 Å². The van der Waals surface area contributed by atoms with Crippen LogP contribution in [0.5, 0.6) is 0 Å². The van der Waals surface area contributed by atoms with Crippen LogP contribution in [0.15, 0.2) is 30.7 Å². The first-order chi connectivity index (χ1) is 9.31. The van der Waals surface area contributed by atoms with Crippen molar-refractivity contribution in [3.05, 3.63) is 36.3 Å². The summed E-state index contributed by atoms with van der Waals surface area (Å²) < 4.78 is 0. The Hall–Kier alpha value is -2.47. The van der Waals surface area contributed by atoms with Gasteiger partial charge in [0.15, 0.2) is 11.5 Å². The summed E-state index contributed by atoms with van der Waals surface area (Å²) in [5, 5.41) is 16.8. The number of anilines is 1. The van der Waals surface area contributed by atoms with E-state index in [1.165, 1.54) is 0 Å². The van der Waals surface area contributed by atoms with Gasteiger partial charge in [-0.25, -0.2) is 4.98 Å². The number of aliphatic hydroxyl groups excluding tert-OH is 1. The molecule has 6 nitrogen and oxygen atoms in total. The first kappa shape index (κ1) is 11.6. The second-order valence-electron chi connectivity index (χ2n) is 4.19. The van der Waals surface area contributed by atoms with E-state index in [1.807, 2.05) is 12.1 Å². The number of H-pyrrole nitrogens is 1. The molecule has 6 heteroatoms. The fraction of sp³-hybridized carbons (Fsp3) is 0.154. The molecule has 0 saturated carbocycles. The lowest BCUT2D eigenvalue weighted by atomic mass is 9.98. The minimum Gasteiger partial charge on any atom is -0.396 e. The summed E-state index contributed by atoms with van der Waals surface area (Å²) >= 11 is 0. The molecule has 3 aromatic rings. The van der Waals surface area contributed by atoms with Crippen LogP contribution in [0.3, 0.4) is 0 Å². The Morgan fingerprint density at radius 3 is 2.79 bits per heavy atom. The third-order valence-corrected chi connectivity index (χ3v) is 3.08. The van der Waals surface area contributed by atoms with E-state index in [2.05, 4.69) is 20.2 Å². The maximum Gasteiger partial charge on any atom is 0.157 e. The summed E-state index contributed by atoms with van der Waals surface area (Å²) in [5.74, 6) is 0.404. The number of nitrogens with one attached hydrogen (secondary N) is 1. The Kier molecular flexibility index (Phi) is 2.85. The highest BCUT2D eigenvalue weighted by atomic mass is 16.2. The zero-order chi connectivity index (χ0) is 13.2. The fourth-order valence-electron chi connectivity index (χ4n) is 2.23. The second kappa shape index (κ2) is 4.66. The average molecular weight is 255 g/mol. The van der Waals surface area contributed by atoms with E-state index >= 15 is 0 Å². The molecule has 96 valence electrons. The van der Waals surface area contributed by atoms with Gasteiger partial charge in [0.25, 0.3) is 0 Å². The van der Waals surface area contributed by atoms with E-state index < -0.39 is 0 Å². The van der Waals surface area contributed by atoms with Crippen molar-refractivity contribution in [1.82, 2.24) is 20.2 Å². The number of aliphatic hydroxyl groups is 1. The molecule has 0 aliphatic rings. The summed E-state index contributed by atoms with van der Waals surface area (Å²) in [6, 6.07) is 3.81. The van der Waals surface area contributed by atoms with Crippen LogP contribution in [0.2, 0.25) is 0 Å². The Morgan fingerprint density at radius 2 is 2.05 bits per heavy atom. The van der Waals surface area contributed by atoms with Crippen LogP contribution in [0, 0.1) is 0 Å². The predicted molar refractivity (Wildman–Crippen MR) is 72.3 cm³/mol. The molecule has 0 fully saturated rings. The van der Waals surface area contributed by atoms with Crippen LogP contribution in [0.4, 0.5) is 5.82 Å². The Balaban J connectivity index is 2.29. The first-order valence-corrected chi connectivity index (χ1v) is 5.94. The van der Waals surface area contributed by atoms with E-state index in [0.29, 0.717) is 17.9 Å². The van der Waals surface area contributed by atoms with Crippen molar-refractivity contribution in [2.45, 2.75) is 6.42 Å². The van der Waals surface area contributed by atoms with Gasteiger partial charge in [-0.2, -0.15) is 5.10 Å². The van der Waals surface area contributed by atoms with Crippen LogP contribution in [0.1, 0.15) is 5.56 Å². The molecule has 0 amide bonds. The van der Waals surface area contributed by atoms with E-state index in [4.69, 9.17) is 5.73 Å². The van der Waals surface area contributed by atoms with Crippen molar-refractivity contribution < 1.29 is 5.11 Å². The van der Waals surface area contributed by atoms with Crippen molar-refractivity contribution in [2.24, 2.45) is 0 Å². The van der Waals surface area contributed by atoms with E-state index in [1.54, 1.807) is 18.6 Å². The number of pyridine rings is 2. The summed E-state index contributed by atoms with van der Waals surface area (Å²) in [6.07, 6.45) is 5.71. The highest BCUT2D eigenvalue weighted by molar-refractivity contribution is 5.93. The van der Waals surface area contributed by atoms with Gasteiger partial charge >= 0.3 is 0 Å². The van der Waals surface area contributed by atoms with Crippen LogP contribution >= 0.6 is 0 Å². The number of hydrogen-bond donors (Lipinski definition) is 3. The number of aromatic nitrogens is 4. The van der Waals surface area contributed by atoms with Gasteiger partial charge in [0.1, 0.15) is 0 Å². The molecule has 4 N–H and O–H groups in total. The van der Waals surface area contributed by atoms with Gasteiger partial charge < -0.3 is 10.8 Å². The molecule has 3 aromatic heterocycles. The third kappa shape index (κ3) is 1.92. The van der Waals surface area contributed by atoms with Gasteiger partial charge in [0, 0.05) is 30.8 Å². The Bertz CT molecular complexity index is 708. The number of hydrogen-bond acceptors (Lipinski definition) is 5. The second-order valence-corrected chi connectivity index (χ2v) is 4.19. The lowest BCUT2D eigenvalue weighted by Crippen LogP contribution is -1.98. The van der Waals surface area contributed by atoms with Gasteiger partial charge in [-0.05, 0) is 29.7 Å². The number of nitrogens with two attached hydrogens (primary N) is 1. The summed E-state index contributed by atoms with van der Waals surface area (Å²) in [4.78, 5) is 8.32. The molecule has 0 aliphatic carbocycles. The molecule has 0 aliphatic heterocycles. The maximum atomic E-state index is 9.27. The smallest absolute Gasteiger partial charge is 0.157 e. The molecule has 3 heterocycles. The first-order valence-electron chi connectivity index (χ1n) is 5.94. The van der Waals surface area contributed by atoms with Gasteiger partial charge in [0.05, 0.1) is 5.39 Å². The minimum atomic E-state index is 0.0435. The number of rotatable bonds is 3. The third-order valence-electron chi connectivity index (χ3n) is 3.08.